The molecule has 0 atom stereocenters. The van der Waals surface area contributed by atoms with Crippen LogP contribution in [0.3, 0.4) is 0 Å². The number of benzene rings is 3. The fourth-order valence-corrected chi connectivity index (χ4v) is 3.25. The number of anilines is 1. The highest BCUT2D eigenvalue weighted by Crippen LogP contribution is 2.21. The molecule has 3 aromatic carbocycles. The summed E-state index contributed by atoms with van der Waals surface area (Å²) in [6.07, 6.45) is 0. The Hall–Kier alpha value is -3.35. The maximum Gasteiger partial charge on any atom is 0.253 e. The third-order valence-electron chi connectivity index (χ3n) is 4.31. The van der Waals surface area contributed by atoms with Crippen LogP contribution < -0.4 is 16.0 Å². The van der Waals surface area contributed by atoms with Gasteiger partial charge in [0.1, 0.15) is 0 Å². The topological polar surface area (TPSA) is 87.3 Å². The molecule has 158 valence electrons. The number of carbonyl (C=O) groups excluding carboxylic acids is 3. The number of amides is 3. The Morgan fingerprint density at radius 1 is 0.710 bits per heavy atom. The number of hydrogen-bond acceptors (Lipinski definition) is 3. The van der Waals surface area contributed by atoms with Crippen molar-refractivity contribution in [1.29, 1.82) is 0 Å². The average Bonchev–Trinajstić information content (AvgIpc) is 2.77. The molecule has 0 heterocycles. The molecule has 8 heteroatoms. The average molecular weight is 456 g/mol. The monoisotopic (exact) mass is 455 g/mol. The van der Waals surface area contributed by atoms with Gasteiger partial charge in [0.2, 0.25) is 11.8 Å². The second-order valence-electron chi connectivity index (χ2n) is 6.58. The van der Waals surface area contributed by atoms with Crippen molar-refractivity contribution in [3.63, 3.8) is 0 Å². The van der Waals surface area contributed by atoms with Gasteiger partial charge in [-0.25, -0.2) is 0 Å². The summed E-state index contributed by atoms with van der Waals surface area (Å²) in [7, 11) is 0. The Morgan fingerprint density at radius 2 is 1.35 bits per heavy atom. The van der Waals surface area contributed by atoms with Crippen molar-refractivity contribution in [1.82, 2.24) is 10.6 Å². The minimum Gasteiger partial charge on any atom is -0.345 e. The van der Waals surface area contributed by atoms with E-state index in [9.17, 15) is 14.4 Å². The van der Waals surface area contributed by atoms with E-state index in [0.717, 1.165) is 11.1 Å². The molecule has 31 heavy (non-hydrogen) atoms. The predicted molar refractivity (Wildman–Crippen MR) is 122 cm³/mol. The summed E-state index contributed by atoms with van der Waals surface area (Å²) in [5.74, 6) is -1.40. The van der Waals surface area contributed by atoms with Crippen LogP contribution in [-0.4, -0.2) is 30.8 Å². The Kier molecular flexibility index (Phi) is 7.65. The second-order valence-corrected chi connectivity index (χ2v) is 7.42. The van der Waals surface area contributed by atoms with Crippen molar-refractivity contribution in [2.24, 2.45) is 0 Å². The van der Waals surface area contributed by atoms with Crippen LogP contribution in [0.15, 0.2) is 72.8 Å². The summed E-state index contributed by atoms with van der Waals surface area (Å²) in [4.78, 5) is 36.1. The fourth-order valence-electron chi connectivity index (χ4n) is 2.75. The zero-order valence-electron chi connectivity index (χ0n) is 16.3. The zero-order chi connectivity index (χ0) is 22.2. The smallest absolute Gasteiger partial charge is 0.253 e. The first-order valence-electron chi connectivity index (χ1n) is 9.37. The highest BCUT2D eigenvalue weighted by Gasteiger charge is 2.12. The molecule has 0 aliphatic carbocycles. The van der Waals surface area contributed by atoms with Crippen molar-refractivity contribution >= 4 is 46.6 Å². The maximum absolute atomic E-state index is 12.1. The second kappa shape index (κ2) is 10.6. The van der Waals surface area contributed by atoms with Gasteiger partial charge < -0.3 is 16.0 Å². The van der Waals surface area contributed by atoms with Crippen LogP contribution in [0, 0.1) is 0 Å². The van der Waals surface area contributed by atoms with E-state index >= 15 is 0 Å². The first-order valence-corrected chi connectivity index (χ1v) is 10.1. The molecule has 6 nitrogen and oxygen atoms in total. The molecule has 0 saturated heterocycles. The van der Waals surface area contributed by atoms with Crippen LogP contribution >= 0.6 is 23.2 Å². The predicted octanol–water partition coefficient (Wildman–Crippen LogP) is 4.15. The summed E-state index contributed by atoms with van der Waals surface area (Å²) in [6.45, 7) is -0.520. The minimum atomic E-state index is -0.514. The van der Waals surface area contributed by atoms with Gasteiger partial charge in [0, 0.05) is 10.7 Å². The van der Waals surface area contributed by atoms with Crippen molar-refractivity contribution in [3.8, 4) is 11.1 Å². The molecule has 3 rings (SSSR count). The Bertz CT molecular complexity index is 1090. The van der Waals surface area contributed by atoms with Gasteiger partial charge >= 0.3 is 0 Å². The third-order valence-corrected chi connectivity index (χ3v) is 4.85. The van der Waals surface area contributed by atoms with Crippen molar-refractivity contribution in [2.45, 2.75) is 0 Å². The molecule has 3 N–H and O–H groups in total. The first kappa shape index (κ1) is 22.3. The van der Waals surface area contributed by atoms with Gasteiger partial charge in [-0.05, 0) is 41.5 Å². The summed E-state index contributed by atoms with van der Waals surface area (Å²) in [5, 5.41) is 8.19. The molecule has 3 amide bonds. The lowest BCUT2D eigenvalue weighted by Gasteiger charge is -2.09. The van der Waals surface area contributed by atoms with E-state index < -0.39 is 11.8 Å². The van der Waals surface area contributed by atoms with Crippen molar-refractivity contribution < 1.29 is 14.4 Å². The summed E-state index contributed by atoms with van der Waals surface area (Å²) in [6, 6.07) is 21.7. The van der Waals surface area contributed by atoms with Crippen molar-refractivity contribution in [2.75, 3.05) is 18.4 Å². The molecule has 0 saturated carbocycles. The van der Waals surface area contributed by atoms with Gasteiger partial charge in [-0.15, -0.1) is 0 Å². The van der Waals surface area contributed by atoms with E-state index in [2.05, 4.69) is 16.0 Å². The number of rotatable bonds is 7. The summed E-state index contributed by atoms with van der Waals surface area (Å²) >= 11 is 11.8. The van der Waals surface area contributed by atoms with Crippen LogP contribution in [0.4, 0.5) is 5.69 Å². The van der Waals surface area contributed by atoms with Gasteiger partial charge in [-0.3, -0.25) is 14.4 Å². The summed E-state index contributed by atoms with van der Waals surface area (Å²) in [5.41, 5.74) is 2.93. The standard InChI is InChI=1S/C23H19Cl2N3O3/c24-17-8-11-19(20(25)12-17)23(31)27-13-21(29)26-14-22(30)28-18-9-6-16(7-10-18)15-4-2-1-3-5-15/h1-12H,13-14H2,(H,26,29)(H,27,31)(H,28,30). The van der Waals surface area contributed by atoms with Gasteiger partial charge in [-0.1, -0.05) is 65.7 Å². The van der Waals surface area contributed by atoms with Gasteiger partial charge in [0.15, 0.2) is 0 Å². The molecule has 0 bridgehead atoms. The number of halogens is 2. The minimum absolute atomic E-state index is 0.183. The highest BCUT2D eigenvalue weighted by atomic mass is 35.5. The van der Waals surface area contributed by atoms with E-state index in [1.807, 2.05) is 42.5 Å². The maximum atomic E-state index is 12.1. The van der Waals surface area contributed by atoms with E-state index in [-0.39, 0.29) is 29.6 Å². The van der Waals surface area contributed by atoms with E-state index in [1.54, 1.807) is 12.1 Å². The molecule has 0 aliphatic rings. The fraction of sp³-hybridized carbons (Fsp3) is 0.0870. The molecule has 0 spiro atoms. The molecule has 0 aromatic heterocycles. The Balaban J connectivity index is 1.43. The van der Waals surface area contributed by atoms with Crippen LogP contribution in [0.2, 0.25) is 10.0 Å². The largest absolute Gasteiger partial charge is 0.345 e. The van der Waals surface area contributed by atoms with E-state index in [1.165, 1.54) is 18.2 Å². The normalized spacial score (nSPS) is 10.3. The van der Waals surface area contributed by atoms with E-state index in [4.69, 9.17) is 23.2 Å². The molecule has 0 aliphatic heterocycles. The number of carbonyl (C=O) groups is 3. The quantitative estimate of drug-likeness (QED) is 0.500. The third kappa shape index (κ3) is 6.57. The van der Waals surface area contributed by atoms with Gasteiger partial charge in [-0.2, -0.15) is 0 Å². The molecule has 3 aromatic rings. The summed E-state index contributed by atoms with van der Waals surface area (Å²) < 4.78 is 0. The van der Waals surface area contributed by atoms with E-state index in [0.29, 0.717) is 10.7 Å². The van der Waals surface area contributed by atoms with Crippen molar-refractivity contribution in [3.05, 3.63) is 88.4 Å². The van der Waals surface area contributed by atoms with Crippen LogP contribution in [0.1, 0.15) is 10.4 Å². The van der Waals surface area contributed by atoms with Gasteiger partial charge in [0.25, 0.3) is 5.91 Å². The molecular weight excluding hydrogens is 437 g/mol. The lowest BCUT2D eigenvalue weighted by Crippen LogP contribution is -2.40. The molecule has 0 unspecified atom stereocenters. The Labute approximate surface area is 189 Å². The molecular formula is C23H19Cl2N3O3. The highest BCUT2D eigenvalue weighted by molar-refractivity contribution is 6.36. The SMILES string of the molecule is O=C(CNC(=O)c1ccc(Cl)cc1Cl)NCC(=O)Nc1ccc(-c2ccccc2)cc1. The molecule has 0 radical (unpaired) electrons. The van der Waals surface area contributed by atoms with Crippen LogP contribution in [-0.2, 0) is 9.59 Å². The van der Waals surface area contributed by atoms with Gasteiger partial charge in [0.05, 0.1) is 23.7 Å². The zero-order valence-corrected chi connectivity index (χ0v) is 17.8. The number of nitrogens with one attached hydrogen (secondary N) is 3. The lowest BCUT2D eigenvalue weighted by atomic mass is 10.1. The lowest BCUT2D eigenvalue weighted by molar-refractivity contribution is -0.123. The van der Waals surface area contributed by atoms with Crippen LogP contribution in [0.5, 0.6) is 0 Å². The van der Waals surface area contributed by atoms with Crippen LogP contribution in [0.25, 0.3) is 11.1 Å². The number of hydrogen-bond donors (Lipinski definition) is 3. The first-order chi connectivity index (χ1) is 14.9. The molecule has 0 fully saturated rings. The Morgan fingerprint density at radius 3 is 2.03 bits per heavy atom.